The third-order valence-electron chi connectivity index (χ3n) is 6.64. The number of aromatic amines is 1. The first-order chi connectivity index (χ1) is 18.1. The lowest BCUT2D eigenvalue weighted by molar-refractivity contribution is 0.0717. The summed E-state index contributed by atoms with van der Waals surface area (Å²) < 4.78 is 11.6. The number of aromatic nitrogens is 2. The van der Waals surface area contributed by atoms with Crippen molar-refractivity contribution in [1.82, 2.24) is 15.1 Å². The Morgan fingerprint density at radius 2 is 1.78 bits per heavy atom. The Morgan fingerprint density at radius 3 is 2.51 bits per heavy atom. The number of aryl methyl sites for hydroxylation is 1. The van der Waals surface area contributed by atoms with E-state index in [4.69, 9.17) is 20.8 Å². The van der Waals surface area contributed by atoms with Crippen LogP contribution in [0.25, 0.3) is 11.3 Å². The molecular formula is C30H24ClN3O3. The van der Waals surface area contributed by atoms with Gasteiger partial charge >= 0.3 is 0 Å². The van der Waals surface area contributed by atoms with Crippen LogP contribution in [0.5, 0.6) is 5.75 Å². The number of hydrogen-bond donors (Lipinski definition) is 1. The third kappa shape index (κ3) is 4.41. The summed E-state index contributed by atoms with van der Waals surface area (Å²) in [4.78, 5) is 15.4. The second kappa shape index (κ2) is 9.64. The molecule has 37 heavy (non-hydrogen) atoms. The van der Waals surface area contributed by atoms with E-state index < -0.39 is 0 Å². The molecule has 184 valence electrons. The van der Waals surface area contributed by atoms with Crippen molar-refractivity contribution >= 4 is 17.5 Å². The number of fused-ring (bicyclic) bond motifs is 1. The number of nitrogens with one attached hydrogen (secondary N) is 1. The van der Waals surface area contributed by atoms with Crippen molar-refractivity contribution in [1.29, 1.82) is 0 Å². The Balaban J connectivity index is 1.35. The number of carbonyl (C=O) groups excluding carboxylic acids is 1. The van der Waals surface area contributed by atoms with Gasteiger partial charge in [0.15, 0.2) is 0 Å². The molecule has 0 radical (unpaired) electrons. The van der Waals surface area contributed by atoms with E-state index in [1.54, 1.807) is 6.26 Å². The van der Waals surface area contributed by atoms with Gasteiger partial charge in [0.25, 0.3) is 5.91 Å². The largest absolute Gasteiger partial charge is 0.489 e. The molecule has 1 amide bonds. The summed E-state index contributed by atoms with van der Waals surface area (Å²) in [6, 6.07) is 27.0. The van der Waals surface area contributed by atoms with Crippen LogP contribution in [0.15, 0.2) is 95.6 Å². The molecule has 0 fully saturated rings. The molecule has 1 aliphatic rings. The summed E-state index contributed by atoms with van der Waals surface area (Å²) in [5.41, 5.74) is 6.14. The zero-order valence-electron chi connectivity index (χ0n) is 20.1. The summed E-state index contributed by atoms with van der Waals surface area (Å²) in [7, 11) is 0. The normalized spacial score (nSPS) is 14.7. The summed E-state index contributed by atoms with van der Waals surface area (Å²) in [6.07, 6.45) is 1.62. The fourth-order valence-corrected chi connectivity index (χ4v) is 4.92. The number of H-pyrrole nitrogens is 1. The van der Waals surface area contributed by atoms with Crippen molar-refractivity contribution in [3.8, 4) is 17.0 Å². The topological polar surface area (TPSA) is 71.4 Å². The minimum atomic E-state index is -0.333. The Labute approximate surface area is 219 Å². The number of nitrogens with zero attached hydrogens (tertiary/aromatic N) is 2. The van der Waals surface area contributed by atoms with Crippen molar-refractivity contribution in [2.75, 3.05) is 0 Å². The predicted octanol–water partition coefficient (Wildman–Crippen LogP) is 6.96. The first-order valence-electron chi connectivity index (χ1n) is 12.0. The highest BCUT2D eigenvalue weighted by atomic mass is 35.5. The molecule has 0 saturated heterocycles. The molecule has 3 aromatic carbocycles. The molecule has 5 aromatic rings. The molecule has 0 bridgehead atoms. The number of rotatable bonds is 7. The number of amides is 1. The van der Waals surface area contributed by atoms with Gasteiger partial charge in [-0.3, -0.25) is 9.89 Å². The number of halogens is 1. The van der Waals surface area contributed by atoms with Crippen LogP contribution >= 0.6 is 11.6 Å². The third-order valence-corrected chi connectivity index (χ3v) is 7.01. The first kappa shape index (κ1) is 23.1. The van der Waals surface area contributed by atoms with Gasteiger partial charge in [-0.2, -0.15) is 5.10 Å². The lowest BCUT2D eigenvalue weighted by Crippen LogP contribution is -2.28. The summed E-state index contributed by atoms with van der Waals surface area (Å²) in [5.74, 6) is 1.33. The van der Waals surface area contributed by atoms with Crippen LogP contribution in [0.4, 0.5) is 0 Å². The highest BCUT2D eigenvalue weighted by Gasteiger charge is 2.42. The molecule has 1 aliphatic heterocycles. The summed E-state index contributed by atoms with van der Waals surface area (Å²) in [5, 5.41) is 8.23. The van der Waals surface area contributed by atoms with E-state index in [9.17, 15) is 4.79 Å². The Hall–Kier alpha value is -4.29. The van der Waals surface area contributed by atoms with Gasteiger partial charge in [-0.25, -0.2) is 0 Å². The van der Waals surface area contributed by atoms with Crippen LogP contribution < -0.4 is 4.74 Å². The maximum absolute atomic E-state index is 13.5. The quantitative estimate of drug-likeness (QED) is 0.257. The van der Waals surface area contributed by atoms with E-state index in [1.165, 1.54) is 0 Å². The van der Waals surface area contributed by atoms with Gasteiger partial charge in [0.05, 0.1) is 24.5 Å². The minimum absolute atomic E-state index is 0.110. The van der Waals surface area contributed by atoms with Gasteiger partial charge in [0, 0.05) is 21.7 Å². The second-order valence-electron chi connectivity index (χ2n) is 9.09. The number of furan rings is 1. The minimum Gasteiger partial charge on any atom is -0.489 e. The second-order valence-corrected chi connectivity index (χ2v) is 9.50. The predicted molar refractivity (Wildman–Crippen MR) is 141 cm³/mol. The van der Waals surface area contributed by atoms with Crippen molar-refractivity contribution in [3.63, 3.8) is 0 Å². The molecule has 2 aromatic heterocycles. The lowest BCUT2D eigenvalue weighted by Gasteiger charge is -2.25. The van der Waals surface area contributed by atoms with Gasteiger partial charge in [-0.15, -0.1) is 0 Å². The average molecular weight is 510 g/mol. The molecule has 6 nitrogen and oxygen atoms in total. The van der Waals surface area contributed by atoms with Crippen molar-refractivity contribution in [2.45, 2.75) is 26.1 Å². The molecule has 1 unspecified atom stereocenters. The molecule has 6 rings (SSSR count). The lowest BCUT2D eigenvalue weighted by atomic mass is 9.95. The molecule has 7 heteroatoms. The van der Waals surface area contributed by atoms with E-state index in [0.29, 0.717) is 29.6 Å². The van der Waals surface area contributed by atoms with Crippen LogP contribution in [0.2, 0.25) is 5.02 Å². The standard InChI is InChI=1S/C30H24ClN3O3/c1-19-8-10-20(11-9-19)27-26-28(33-32-27)30(35)34(17-24-6-4-16-36-24)29(26)21-12-14-23(15-13-21)37-18-22-5-2-3-7-25(22)31/h2-16,29H,17-18H2,1H3,(H,32,33). The van der Waals surface area contributed by atoms with Gasteiger partial charge in [0.2, 0.25) is 0 Å². The number of benzene rings is 3. The smallest absolute Gasteiger partial charge is 0.273 e. The Bertz CT molecular complexity index is 1540. The van der Waals surface area contributed by atoms with Gasteiger partial charge in [-0.05, 0) is 42.8 Å². The number of ether oxygens (including phenoxy) is 1. The summed E-state index contributed by atoms with van der Waals surface area (Å²) in [6.45, 7) is 2.76. The number of hydrogen-bond acceptors (Lipinski definition) is 4. The average Bonchev–Trinajstić information content (AvgIpc) is 3.64. The van der Waals surface area contributed by atoms with E-state index in [0.717, 1.165) is 39.3 Å². The fraction of sp³-hybridized carbons (Fsp3) is 0.133. The summed E-state index contributed by atoms with van der Waals surface area (Å²) >= 11 is 6.27. The molecule has 0 spiro atoms. The monoisotopic (exact) mass is 509 g/mol. The molecule has 3 heterocycles. The maximum atomic E-state index is 13.5. The molecule has 1 atom stereocenters. The van der Waals surface area contributed by atoms with Gasteiger partial charge < -0.3 is 14.1 Å². The highest BCUT2D eigenvalue weighted by Crippen LogP contribution is 2.43. The van der Waals surface area contributed by atoms with Crippen molar-refractivity contribution < 1.29 is 13.9 Å². The van der Waals surface area contributed by atoms with Crippen LogP contribution in [0, 0.1) is 6.92 Å². The first-order valence-corrected chi connectivity index (χ1v) is 12.4. The van der Waals surface area contributed by atoms with Crippen LogP contribution in [0.1, 0.15) is 44.5 Å². The van der Waals surface area contributed by atoms with Crippen LogP contribution in [0.3, 0.4) is 0 Å². The Kier molecular flexibility index (Phi) is 6.02. The van der Waals surface area contributed by atoms with Crippen molar-refractivity contribution in [3.05, 3.63) is 130 Å². The number of carbonyl (C=O) groups is 1. The zero-order valence-corrected chi connectivity index (χ0v) is 20.9. The van der Waals surface area contributed by atoms with Crippen LogP contribution in [-0.2, 0) is 13.2 Å². The van der Waals surface area contributed by atoms with E-state index in [2.05, 4.69) is 10.2 Å². The molecular weight excluding hydrogens is 486 g/mol. The SMILES string of the molecule is Cc1ccc(-c2n[nH]c3c2C(c2ccc(OCc4ccccc4Cl)cc2)N(Cc2ccco2)C3=O)cc1. The molecule has 0 aliphatic carbocycles. The molecule has 0 saturated carbocycles. The zero-order chi connectivity index (χ0) is 25.4. The van der Waals surface area contributed by atoms with E-state index in [-0.39, 0.29) is 11.9 Å². The Morgan fingerprint density at radius 1 is 1.00 bits per heavy atom. The van der Waals surface area contributed by atoms with E-state index in [1.807, 2.05) is 96.8 Å². The fourth-order valence-electron chi connectivity index (χ4n) is 4.73. The highest BCUT2D eigenvalue weighted by molar-refractivity contribution is 6.31. The maximum Gasteiger partial charge on any atom is 0.273 e. The van der Waals surface area contributed by atoms with Crippen LogP contribution in [-0.4, -0.2) is 21.0 Å². The van der Waals surface area contributed by atoms with Gasteiger partial charge in [0.1, 0.15) is 23.8 Å². The van der Waals surface area contributed by atoms with Gasteiger partial charge in [-0.1, -0.05) is 71.8 Å². The van der Waals surface area contributed by atoms with E-state index >= 15 is 0 Å². The van der Waals surface area contributed by atoms with Crippen molar-refractivity contribution in [2.24, 2.45) is 0 Å². The molecule has 1 N–H and O–H groups in total.